The molecule has 0 radical (unpaired) electrons. The lowest BCUT2D eigenvalue weighted by Gasteiger charge is -2.33. The van der Waals surface area contributed by atoms with Gasteiger partial charge in [-0.25, -0.2) is 4.79 Å². The molecule has 6 nitrogen and oxygen atoms in total. The van der Waals surface area contributed by atoms with Crippen LogP contribution in [0, 0.1) is 6.92 Å². The van der Waals surface area contributed by atoms with E-state index >= 15 is 0 Å². The summed E-state index contributed by atoms with van der Waals surface area (Å²) in [7, 11) is 1.58. The van der Waals surface area contributed by atoms with Crippen LogP contribution in [0.3, 0.4) is 0 Å². The summed E-state index contributed by atoms with van der Waals surface area (Å²) in [5.74, 6) is -0.529. The number of rotatable bonds is 4. The maximum Gasteiger partial charge on any atom is 0.328 e. The lowest BCUT2D eigenvalue weighted by atomic mass is 10.1. The molecule has 0 aromatic heterocycles. The molecule has 1 aliphatic heterocycles. The first-order valence-electron chi connectivity index (χ1n) is 6.76. The maximum absolute atomic E-state index is 12.3. The van der Waals surface area contributed by atoms with E-state index in [1.165, 1.54) is 4.90 Å². The molecule has 1 N–H and O–H groups in total. The Bertz CT molecular complexity index is 543. The minimum absolute atomic E-state index is 0.0400. The zero-order valence-corrected chi connectivity index (χ0v) is 12.2. The highest BCUT2D eigenvalue weighted by Crippen LogP contribution is 2.20. The van der Waals surface area contributed by atoms with E-state index in [0.717, 1.165) is 16.9 Å². The average Bonchev–Trinajstić information content (AvgIpc) is 2.49. The molecule has 2 rings (SSSR count). The van der Waals surface area contributed by atoms with E-state index in [1.54, 1.807) is 7.11 Å². The van der Waals surface area contributed by atoms with Crippen LogP contribution in [-0.4, -0.2) is 54.8 Å². The molecular formula is C15H19NO5. The highest BCUT2D eigenvalue weighted by Gasteiger charge is 2.32. The molecule has 1 aromatic rings. The van der Waals surface area contributed by atoms with E-state index in [1.807, 2.05) is 25.1 Å². The zero-order chi connectivity index (χ0) is 15.4. The van der Waals surface area contributed by atoms with Crippen LogP contribution in [0.1, 0.15) is 11.1 Å². The summed E-state index contributed by atoms with van der Waals surface area (Å²) in [4.78, 5) is 24.9. The molecule has 0 saturated carbocycles. The summed E-state index contributed by atoms with van der Waals surface area (Å²) in [6.07, 6.45) is 0.153. The van der Waals surface area contributed by atoms with Crippen molar-refractivity contribution in [3.05, 3.63) is 29.3 Å². The number of carbonyl (C=O) groups is 2. The van der Waals surface area contributed by atoms with Crippen LogP contribution in [0.5, 0.6) is 5.75 Å². The second kappa shape index (κ2) is 6.58. The summed E-state index contributed by atoms with van der Waals surface area (Å²) in [5.41, 5.74) is 1.79. The van der Waals surface area contributed by atoms with Gasteiger partial charge in [0.05, 0.1) is 26.7 Å². The summed E-state index contributed by atoms with van der Waals surface area (Å²) >= 11 is 0. The van der Waals surface area contributed by atoms with Crippen molar-refractivity contribution in [2.45, 2.75) is 19.4 Å². The van der Waals surface area contributed by atoms with Crippen LogP contribution in [-0.2, 0) is 20.7 Å². The van der Waals surface area contributed by atoms with Gasteiger partial charge in [0.25, 0.3) is 0 Å². The highest BCUT2D eigenvalue weighted by molar-refractivity contribution is 5.85. The smallest absolute Gasteiger partial charge is 0.328 e. The number of morpholine rings is 1. The van der Waals surface area contributed by atoms with Gasteiger partial charge in [0.15, 0.2) is 6.04 Å². The standard InChI is InChI=1S/C15H19NO5/c1-10-3-4-11(7-13(10)20-2)8-14(17)16-5-6-21-9-12(16)15(18)19/h3-4,7,12H,5-6,8-9H2,1-2H3,(H,18,19). The Morgan fingerprint density at radius 1 is 1.48 bits per heavy atom. The molecule has 1 saturated heterocycles. The lowest BCUT2D eigenvalue weighted by molar-refractivity contribution is -0.158. The van der Waals surface area contributed by atoms with E-state index < -0.39 is 12.0 Å². The number of ether oxygens (including phenoxy) is 2. The number of carbonyl (C=O) groups excluding carboxylic acids is 1. The minimum atomic E-state index is -1.04. The number of hydrogen-bond donors (Lipinski definition) is 1. The molecule has 1 atom stereocenters. The van der Waals surface area contributed by atoms with Gasteiger partial charge in [-0.15, -0.1) is 0 Å². The van der Waals surface area contributed by atoms with Gasteiger partial charge in [-0.3, -0.25) is 4.79 Å². The third kappa shape index (κ3) is 3.52. The van der Waals surface area contributed by atoms with E-state index in [0.29, 0.717) is 13.2 Å². The van der Waals surface area contributed by atoms with Gasteiger partial charge in [0, 0.05) is 6.54 Å². The summed E-state index contributed by atoms with van der Waals surface area (Å²) in [5, 5.41) is 9.15. The van der Waals surface area contributed by atoms with Crippen molar-refractivity contribution in [3.8, 4) is 5.75 Å². The van der Waals surface area contributed by atoms with Crippen LogP contribution in [0.4, 0.5) is 0 Å². The van der Waals surface area contributed by atoms with Crippen LogP contribution in [0.2, 0.25) is 0 Å². The number of amides is 1. The van der Waals surface area contributed by atoms with Gasteiger partial charge in [-0.1, -0.05) is 12.1 Å². The largest absolute Gasteiger partial charge is 0.496 e. The Balaban J connectivity index is 2.11. The van der Waals surface area contributed by atoms with Crippen molar-refractivity contribution >= 4 is 11.9 Å². The monoisotopic (exact) mass is 293 g/mol. The van der Waals surface area contributed by atoms with Crippen LogP contribution in [0.25, 0.3) is 0 Å². The summed E-state index contributed by atoms with van der Waals surface area (Å²) < 4.78 is 10.4. The molecule has 1 fully saturated rings. The number of carboxylic acid groups (broad SMARTS) is 1. The van der Waals surface area contributed by atoms with Gasteiger partial charge in [-0.05, 0) is 24.1 Å². The Kier molecular flexibility index (Phi) is 4.80. The lowest BCUT2D eigenvalue weighted by Crippen LogP contribution is -2.53. The first-order valence-corrected chi connectivity index (χ1v) is 6.76. The van der Waals surface area contributed by atoms with Crippen molar-refractivity contribution in [1.82, 2.24) is 4.90 Å². The van der Waals surface area contributed by atoms with Crippen molar-refractivity contribution in [2.24, 2.45) is 0 Å². The molecule has 114 valence electrons. The van der Waals surface area contributed by atoms with E-state index in [9.17, 15) is 9.59 Å². The fraction of sp³-hybridized carbons (Fsp3) is 0.467. The Labute approximate surface area is 123 Å². The van der Waals surface area contributed by atoms with E-state index in [4.69, 9.17) is 14.6 Å². The molecule has 1 aliphatic rings. The topological polar surface area (TPSA) is 76.1 Å². The maximum atomic E-state index is 12.3. The van der Waals surface area contributed by atoms with Crippen molar-refractivity contribution < 1.29 is 24.2 Å². The summed E-state index contributed by atoms with van der Waals surface area (Å²) in [6.45, 7) is 2.64. The quantitative estimate of drug-likeness (QED) is 0.891. The molecule has 1 aromatic carbocycles. The number of aliphatic carboxylic acids is 1. The predicted molar refractivity (Wildman–Crippen MR) is 75.4 cm³/mol. The van der Waals surface area contributed by atoms with Crippen molar-refractivity contribution in [3.63, 3.8) is 0 Å². The van der Waals surface area contributed by atoms with Crippen molar-refractivity contribution in [2.75, 3.05) is 26.9 Å². The summed E-state index contributed by atoms with van der Waals surface area (Å²) in [6, 6.07) is 4.64. The molecule has 1 amide bonds. The molecule has 0 bridgehead atoms. The predicted octanol–water partition coefficient (Wildman–Crippen LogP) is 0.858. The molecule has 1 unspecified atom stereocenters. The van der Waals surface area contributed by atoms with Gasteiger partial charge < -0.3 is 19.5 Å². The number of nitrogens with zero attached hydrogens (tertiary/aromatic N) is 1. The fourth-order valence-corrected chi connectivity index (χ4v) is 2.36. The number of aryl methyl sites for hydroxylation is 1. The number of hydrogen-bond acceptors (Lipinski definition) is 4. The molecule has 6 heteroatoms. The molecule has 1 heterocycles. The van der Waals surface area contributed by atoms with Crippen LogP contribution >= 0.6 is 0 Å². The Morgan fingerprint density at radius 3 is 2.90 bits per heavy atom. The first-order chi connectivity index (χ1) is 10.0. The van der Waals surface area contributed by atoms with Gasteiger partial charge in [0.2, 0.25) is 5.91 Å². The molecule has 0 spiro atoms. The molecular weight excluding hydrogens is 274 g/mol. The Morgan fingerprint density at radius 2 is 2.24 bits per heavy atom. The normalized spacial score (nSPS) is 18.4. The van der Waals surface area contributed by atoms with E-state index in [-0.39, 0.29) is 18.9 Å². The van der Waals surface area contributed by atoms with Gasteiger partial charge >= 0.3 is 5.97 Å². The minimum Gasteiger partial charge on any atom is -0.496 e. The van der Waals surface area contributed by atoms with Gasteiger partial charge in [0.1, 0.15) is 5.75 Å². The van der Waals surface area contributed by atoms with Crippen molar-refractivity contribution in [1.29, 1.82) is 0 Å². The van der Waals surface area contributed by atoms with Gasteiger partial charge in [-0.2, -0.15) is 0 Å². The molecule has 21 heavy (non-hydrogen) atoms. The number of carboxylic acids is 1. The number of methoxy groups -OCH3 is 1. The van der Waals surface area contributed by atoms with Crippen LogP contribution < -0.4 is 4.74 Å². The first kappa shape index (κ1) is 15.3. The number of benzene rings is 1. The zero-order valence-electron chi connectivity index (χ0n) is 12.2. The third-order valence-corrected chi connectivity index (χ3v) is 3.56. The Hall–Kier alpha value is -2.08. The fourth-order valence-electron chi connectivity index (χ4n) is 2.36. The SMILES string of the molecule is COc1cc(CC(=O)N2CCOCC2C(=O)O)ccc1C. The average molecular weight is 293 g/mol. The third-order valence-electron chi connectivity index (χ3n) is 3.56. The van der Waals surface area contributed by atoms with Crippen LogP contribution in [0.15, 0.2) is 18.2 Å². The molecule has 0 aliphatic carbocycles. The highest BCUT2D eigenvalue weighted by atomic mass is 16.5. The second-order valence-corrected chi connectivity index (χ2v) is 5.00. The van der Waals surface area contributed by atoms with E-state index in [2.05, 4.69) is 0 Å². The second-order valence-electron chi connectivity index (χ2n) is 5.00.